The summed E-state index contributed by atoms with van der Waals surface area (Å²) in [5.41, 5.74) is 5.24. The number of hydrogen-bond donors (Lipinski definition) is 1. The van der Waals surface area contributed by atoms with Crippen molar-refractivity contribution in [1.29, 1.82) is 0 Å². The van der Waals surface area contributed by atoms with E-state index < -0.39 is 0 Å². The molecule has 1 saturated heterocycles. The number of hydrogen-bond acceptors (Lipinski definition) is 9. The van der Waals surface area contributed by atoms with Gasteiger partial charge in [-0.1, -0.05) is 0 Å². The van der Waals surface area contributed by atoms with Crippen LogP contribution in [0.3, 0.4) is 0 Å². The van der Waals surface area contributed by atoms with E-state index in [1.165, 1.54) is 6.33 Å². The third-order valence-electron chi connectivity index (χ3n) is 6.97. The summed E-state index contributed by atoms with van der Waals surface area (Å²) in [6.07, 6.45) is 5.11. The molecule has 10 heteroatoms. The van der Waals surface area contributed by atoms with Crippen LogP contribution in [0.1, 0.15) is 12.5 Å². The number of benzene rings is 2. The minimum absolute atomic E-state index is 0.437. The molecule has 1 fully saturated rings. The summed E-state index contributed by atoms with van der Waals surface area (Å²) in [5.74, 6) is 2.88. The maximum Gasteiger partial charge on any atom is 0.226 e. The SMILES string of the molecule is Cc1cc(Nc2ncnc3cnc(N4CCN(C)[C@H](C)C4)nc23)ccc1Oc1ccc2c(c1)ncn2C. The Bertz CT molecular complexity index is 1600. The molecule has 0 amide bonds. The molecule has 3 aromatic heterocycles. The Kier molecular flexibility index (Phi) is 5.80. The van der Waals surface area contributed by atoms with E-state index in [-0.39, 0.29) is 0 Å². The van der Waals surface area contributed by atoms with Crippen LogP contribution in [0.4, 0.5) is 17.5 Å². The first kappa shape index (κ1) is 23.1. The molecule has 0 unspecified atom stereocenters. The van der Waals surface area contributed by atoms with Crippen LogP contribution in [-0.4, -0.2) is 67.1 Å². The van der Waals surface area contributed by atoms with Gasteiger partial charge in [0, 0.05) is 44.5 Å². The van der Waals surface area contributed by atoms with Crippen LogP contribution in [0.2, 0.25) is 0 Å². The van der Waals surface area contributed by atoms with Gasteiger partial charge in [0.15, 0.2) is 5.82 Å². The van der Waals surface area contributed by atoms with Crippen molar-refractivity contribution in [1.82, 2.24) is 34.4 Å². The first-order chi connectivity index (χ1) is 17.9. The van der Waals surface area contributed by atoms with Crippen molar-refractivity contribution in [3.8, 4) is 11.5 Å². The Morgan fingerprint density at radius 1 is 0.973 bits per heavy atom. The lowest BCUT2D eigenvalue weighted by molar-refractivity contribution is 0.233. The minimum atomic E-state index is 0.437. The van der Waals surface area contributed by atoms with Crippen molar-refractivity contribution in [3.63, 3.8) is 0 Å². The maximum atomic E-state index is 6.17. The number of rotatable bonds is 5. The van der Waals surface area contributed by atoms with Gasteiger partial charge in [-0.05, 0) is 56.8 Å². The fourth-order valence-corrected chi connectivity index (χ4v) is 4.60. The smallest absolute Gasteiger partial charge is 0.226 e. The van der Waals surface area contributed by atoms with Crippen molar-refractivity contribution in [3.05, 3.63) is 60.8 Å². The van der Waals surface area contributed by atoms with E-state index >= 15 is 0 Å². The Hall–Kier alpha value is -4.31. The van der Waals surface area contributed by atoms with Gasteiger partial charge in [-0.25, -0.2) is 24.9 Å². The van der Waals surface area contributed by atoms with Gasteiger partial charge in [0.1, 0.15) is 28.9 Å². The van der Waals surface area contributed by atoms with Crippen molar-refractivity contribution in [2.24, 2.45) is 7.05 Å². The van der Waals surface area contributed by atoms with Crippen LogP contribution >= 0.6 is 0 Å². The Labute approximate surface area is 215 Å². The topological polar surface area (TPSA) is 97.1 Å². The van der Waals surface area contributed by atoms with Gasteiger partial charge >= 0.3 is 0 Å². The standard InChI is InChI=1S/C27H29N9O/c1-17-11-19(5-8-24(17)37-20-6-7-23-21(12-20)31-16-35(23)4)32-26-25-22(29-15-30-26)13-28-27(33-25)36-10-9-34(3)18(2)14-36/h5-8,11-13,15-16,18H,9-10,14H2,1-4H3,(H,29,30,32)/t18-/m1/s1. The quantitative estimate of drug-likeness (QED) is 0.383. The molecule has 1 aliphatic heterocycles. The van der Waals surface area contributed by atoms with Crippen LogP contribution < -0.4 is 15.0 Å². The maximum absolute atomic E-state index is 6.17. The third-order valence-corrected chi connectivity index (χ3v) is 6.97. The number of piperazine rings is 1. The zero-order chi connectivity index (χ0) is 25.5. The summed E-state index contributed by atoms with van der Waals surface area (Å²) in [7, 11) is 4.13. The molecular formula is C27H29N9O. The second-order valence-corrected chi connectivity index (χ2v) is 9.62. The molecule has 0 aliphatic carbocycles. The largest absolute Gasteiger partial charge is 0.457 e. The molecule has 0 bridgehead atoms. The molecule has 1 atom stereocenters. The molecular weight excluding hydrogens is 466 g/mol. The molecule has 37 heavy (non-hydrogen) atoms. The molecule has 0 saturated carbocycles. The molecule has 4 heterocycles. The number of fused-ring (bicyclic) bond motifs is 2. The van der Waals surface area contributed by atoms with Crippen LogP contribution in [0, 0.1) is 6.92 Å². The third kappa shape index (κ3) is 4.51. The summed E-state index contributed by atoms with van der Waals surface area (Å²) in [4.78, 5) is 27.3. The van der Waals surface area contributed by atoms with Gasteiger partial charge in [-0.15, -0.1) is 0 Å². The fourth-order valence-electron chi connectivity index (χ4n) is 4.60. The highest BCUT2D eigenvalue weighted by molar-refractivity contribution is 5.87. The number of aromatic nitrogens is 6. The lowest BCUT2D eigenvalue weighted by Crippen LogP contribution is -2.50. The summed E-state index contributed by atoms with van der Waals surface area (Å²) in [6, 6.07) is 12.3. The summed E-state index contributed by atoms with van der Waals surface area (Å²) >= 11 is 0. The number of nitrogens with zero attached hydrogens (tertiary/aromatic N) is 8. The lowest BCUT2D eigenvalue weighted by Gasteiger charge is -2.37. The first-order valence-corrected chi connectivity index (χ1v) is 12.3. The monoisotopic (exact) mass is 495 g/mol. The summed E-state index contributed by atoms with van der Waals surface area (Å²) in [6.45, 7) is 6.98. The first-order valence-electron chi connectivity index (χ1n) is 12.3. The van der Waals surface area contributed by atoms with Gasteiger partial charge in [-0.3, -0.25) is 0 Å². The van der Waals surface area contributed by atoms with Gasteiger partial charge in [0.2, 0.25) is 5.95 Å². The molecule has 5 aromatic rings. The predicted octanol–water partition coefficient (Wildman–Crippen LogP) is 4.29. The number of imidazole rings is 1. The van der Waals surface area contributed by atoms with Crippen molar-refractivity contribution < 1.29 is 4.74 Å². The molecule has 1 aliphatic rings. The van der Waals surface area contributed by atoms with Gasteiger partial charge in [0.05, 0.1) is 23.6 Å². The molecule has 2 aromatic carbocycles. The zero-order valence-corrected chi connectivity index (χ0v) is 21.4. The average Bonchev–Trinajstić information content (AvgIpc) is 3.27. The van der Waals surface area contributed by atoms with Gasteiger partial charge in [0.25, 0.3) is 0 Å². The number of nitrogens with one attached hydrogen (secondary N) is 1. The highest BCUT2D eigenvalue weighted by Gasteiger charge is 2.23. The van der Waals surface area contributed by atoms with Crippen LogP contribution in [-0.2, 0) is 7.05 Å². The molecule has 10 nitrogen and oxygen atoms in total. The van der Waals surface area contributed by atoms with E-state index in [0.717, 1.165) is 53.4 Å². The highest BCUT2D eigenvalue weighted by Crippen LogP contribution is 2.31. The Morgan fingerprint density at radius 3 is 2.70 bits per heavy atom. The fraction of sp³-hybridized carbons (Fsp3) is 0.296. The second-order valence-electron chi connectivity index (χ2n) is 9.62. The number of likely N-dealkylation sites (N-methyl/N-ethyl adjacent to an activating group) is 1. The van der Waals surface area contributed by atoms with Crippen molar-refractivity contribution in [2.45, 2.75) is 19.9 Å². The van der Waals surface area contributed by atoms with Crippen molar-refractivity contribution in [2.75, 3.05) is 36.9 Å². The normalized spacial score (nSPS) is 16.4. The molecule has 6 rings (SSSR count). The number of ether oxygens (including phenoxy) is 1. The van der Waals surface area contributed by atoms with E-state index in [2.05, 4.69) is 49.0 Å². The summed E-state index contributed by atoms with van der Waals surface area (Å²) < 4.78 is 8.16. The summed E-state index contributed by atoms with van der Waals surface area (Å²) in [5, 5.41) is 3.42. The van der Waals surface area contributed by atoms with Gasteiger partial charge < -0.3 is 24.4 Å². The van der Waals surface area contributed by atoms with E-state index in [1.807, 2.05) is 54.9 Å². The van der Waals surface area contributed by atoms with E-state index in [1.54, 1.807) is 12.5 Å². The highest BCUT2D eigenvalue weighted by atomic mass is 16.5. The van der Waals surface area contributed by atoms with Crippen LogP contribution in [0.5, 0.6) is 11.5 Å². The van der Waals surface area contributed by atoms with E-state index in [0.29, 0.717) is 28.8 Å². The lowest BCUT2D eigenvalue weighted by atomic mass is 10.2. The second kappa shape index (κ2) is 9.29. The number of anilines is 3. The van der Waals surface area contributed by atoms with Crippen molar-refractivity contribution >= 4 is 39.5 Å². The minimum Gasteiger partial charge on any atom is -0.457 e. The van der Waals surface area contributed by atoms with Gasteiger partial charge in [-0.2, -0.15) is 0 Å². The number of aryl methyl sites for hydroxylation is 2. The zero-order valence-electron chi connectivity index (χ0n) is 21.4. The predicted molar refractivity (Wildman–Crippen MR) is 145 cm³/mol. The Balaban J connectivity index is 1.24. The average molecular weight is 496 g/mol. The molecule has 0 spiro atoms. The Morgan fingerprint density at radius 2 is 1.86 bits per heavy atom. The molecule has 0 radical (unpaired) electrons. The van der Waals surface area contributed by atoms with E-state index in [4.69, 9.17) is 9.72 Å². The van der Waals surface area contributed by atoms with Crippen LogP contribution in [0.15, 0.2) is 55.2 Å². The van der Waals surface area contributed by atoms with Crippen LogP contribution in [0.25, 0.3) is 22.1 Å². The van der Waals surface area contributed by atoms with E-state index in [9.17, 15) is 0 Å². The molecule has 188 valence electrons. The molecule has 1 N–H and O–H groups in total.